The Kier molecular flexibility index (Phi) is 4.10. The van der Waals surface area contributed by atoms with Crippen molar-refractivity contribution in [2.45, 2.75) is 6.92 Å². The van der Waals surface area contributed by atoms with Crippen LogP contribution in [-0.2, 0) is 0 Å². The molecule has 0 amide bonds. The van der Waals surface area contributed by atoms with Gasteiger partial charge in [-0.3, -0.25) is 5.10 Å². The van der Waals surface area contributed by atoms with Crippen LogP contribution in [0.15, 0.2) is 29.4 Å². The van der Waals surface area contributed by atoms with Crippen molar-refractivity contribution < 1.29 is 0 Å². The summed E-state index contributed by atoms with van der Waals surface area (Å²) in [6.07, 6.45) is 1.62. The quantitative estimate of drug-likeness (QED) is 0.555. The van der Waals surface area contributed by atoms with Crippen LogP contribution in [0.25, 0.3) is 11.5 Å². The smallest absolute Gasteiger partial charge is 0.216 e. The van der Waals surface area contributed by atoms with E-state index in [2.05, 4.69) is 25.5 Å². The summed E-state index contributed by atoms with van der Waals surface area (Å²) in [6.45, 7) is 1.90. The summed E-state index contributed by atoms with van der Waals surface area (Å²) in [5.41, 5.74) is 2.36. The van der Waals surface area contributed by atoms with Gasteiger partial charge in [0.25, 0.3) is 0 Å². The number of aromatic amines is 2. The molecule has 2 heterocycles. The van der Waals surface area contributed by atoms with Gasteiger partial charge in [0.1, 0.15) is 5.69 Å². The molecule has 0 fully saturated rings. The van der Waals surface area contributed by atoms with Crippen molar-refractivity contribution in [3.05, 3.63) is 50.3 Å². The molecule has 0 saturated heterocycles. The third-order valence-corrected chi connectivity index (χ3v) is 3.85. The Morgan fingerprint density at radius 3 is 2.68 bits per heavy atom. The molecule has 0 spiro atoms. The van der Waals surface area contributed by atoms with Gasteiger partial charge in [-0.25, -0.2) is 5.10 Å². The molecule has 2 aromatic heterocycles. The van der Waals surface area contributed by atoms with E-state index in [4.69, 9.17) is 35.4 Å². The van der Waals surface area contributed by atoms with E-state index in [-0.39, 0.29) is 0 Å². The molecule has 9 heteroatoms. The standard InChI is InChI=1S/C13H10Cl2N6S/c1-7-4-11(18-17-7)12-19-20-13(22)21(12)16-6-8-2-3-9(14)10(15)5-8/h2-6H,1H3,(H,17,18)(H,20,22)/b16-6+. The maximum atomic E-state index is 5.98. The van der Waals surface area contributed by atoms with Crippen molar-refractivity contribution in [2.75, 3.05) is 0 Å². The Labute approximate surface area is 140 Å². The molecule has 2 N–H and O–H groups in total. The number of benzene rings is 1. The van der Waals surface area contributed by atoms with Crippen molar-refractivity contribution >= 4 is 41.6 Å². The van der Waals surface area contributed by atoms with Crippen LogP contribution >= 0.6 is 35.4 Å². The summed E-state index contributed by atoms with van der Waals surface area (Å²) >= 11 is 17.1. The molecule has 0 aliphatic heterocycles. The van der Waals surface area contributed by atoms with Gasteiger partial charge >= 0.3 is 0 Å². The van der Waals surface area contributed by atoms with Gasteiger partial charge in [0.05, 0.1) is 16.3 Å². The molecule has 0 aliphatic carbocycles. The SMILES string of the molecule is Cc1cc(-c2n[nH]c(=S)n2/N=C/c2ccc(Cl)c(Cl)c2)n[nH]1. The number of nitrogens with zero attached hydrogens (tertiary/aromatic N) is 4. The topological polar surface area (TPSA) is 74.7 Å². The zero-order valence-corrected chi connectivity index (χ0v) is 13.7. The summed E-state index contributed by atoms with van der Waals surface area (Å²) in [6, 6.07) is 7.09. The second-order valence-corrected chi connectivity index (χ2v) is 5.72. The van der Waals surface area contributed by atoms with Crippen LogP contribution < -0.4 is 0 Å². The fourth-order valence-electron chi connectivity index (χ4n) is 1.81. The Morgan fingerprint density at radius 1 is 1.18 bits per heavy atom. The maximum Gasteiger partial charge on any atom is 0.216 e. The minimum atomic E-state index is 0.368. The van der Waals surface area contributed by atoms with E-state index in [1.54, 1.807) is 24.4 Å². The van der Waals surface area contributed by atoms with Crippen LogP contribution in [-0.4, -0.2) is 31.3 Å². The second kappa shape index (κ2) is 6.04. The molecule has 22 heavy (non-hydrogen) atoms. The molecule has 0 radical (unpaired) electrons. The first-order valence-corrected chi connectivity index (χ1v) is 7.40. The summed E-state index contributed by atoms with van der Waals surface area (Å²) < 4.78 is 1.86. The third kappa shape index (κ3) is 2.96. The van der Waals surface area contributed by atoms with Crippen LogP contribution in [0.5, 0.6) is 0 Å². The zero-order chi connectivity index (χ0) is 15.7. The van der Waals surface area contributed by atoms with Crippen LogP contribution in [0.4, 0.5) is 0 Å². The normalized spacial score (nSPS) is 11.4. The molecule has 3 rings (SSSR count). The third-order valence-electron chi connectivity index (χ3n) is 2.85. The first-order chi connectivity index (χ1) is 10.5. The van der Waals surface area contributed by atoms with Gasteiger partial charge < -0.3 is 0 Å². The summed E-state index contributed by atoms with van der Waals surface area (Å²) in [5.74, 6) is 0.519. The Morgan fingerprint density at radius 2 is 2.00 bits per heavy atom. The molecule has 0 saturated carbocycles. The van der Waals surface area contributed by atoms with E-state index in [9.17, 15) is 0 Å². The van der Waals surface area contributed by atoms with Gasteiger partial charge in [-0.05, 0) is 42.9 Å². The van der Waals surface area contributed by atoms with Crippen molar-refractivity contribution in [3.63, 3.8) is 0 Å². The summed E-state index contributed by atoms with van der Waals surface area (Å²) in [5, 5.41) is 19.1. The number of aromatic nitrogens is 5. The van der Waals surface area contributed by atoms with E-state index >= 15 is 0 Å². The molecule has 0 unspecified atom stereocenters. The van der Waals surface area contributed by atoms with Gasteiger partial charge in [-0.1, -0.05) is 29.3 Å². The average Bonchev–Trinajstić information content (AvgIpc) is 3.06. The Bertz CT molecular complexity index is 907. The largest absolute Gasteiger partial charge is 0.282 e. The lowest BCUT2D eigenvalue weighted by molar-refractivity contribution is 0.865. The van der Waals surface area contributed by atoms with Crippen molar-refractivity contribution in [3.8, 4) is 11.5 Å². The number of nitrogens with one attached hydrogen (secondary N) is 2. The van der Waals surface area contributed by atoms with Crippen molar-refractivity contribution in [1.29, 1.82) is 0 Å². The van der Waals surface area contributed by atoms with Crippen molar-refractivity contribution in [2.24, 2.45) is 5.10 Å². The maximum absolute atomic E-state index is 5.98. The molecule has 0 aliphatic rings. The molecule has 0 atom stereocenters. The minimum absolute atomic E-state index is 0.368. The first-order valence-electron chi connectivity index (χ1n) is 6.24. The highest BCUT2D eigenvalue weighted by atomic mass is 35.5. The number of hydrogen-bond donors (Lipinski definition) is 2. The fourth-order valence-corrected chi connectivity index (χ4v) is 2.30. The van der Waals surface area contributed by atoms with Crippen LogP contribution in [0, 0.1) is 11.7 Å². The van der Waals surface area contributed by atoms with E-state index in [1.165, 1.54) is 4.68 Å². The lowest BCUT2D eigenvalue weighted by atomic mass is 10.2. The van der Waals surface area contributed by atoms with Crippen molar-refractivity contribution in [1.82, 2.24) is 25.1 Å². The molecule has 112 valence electrons. The molecular weight excluding hydrogens is 343 g/mol. The highest BCUT2D eigenvalue weighted by Gasteiger charge is 2.11. The molecule has 6 nitrogen and oxygen atoms in total. The molecule has 3 aromatic rings. The van der Waals surface area contributed by atoms with Crippen LogP contribution in [0.1, 0.15) is 11.3 Å². The lowest BCUT2D eigenvalue weighted by Gasteiger charge is -1.99. The van der Waals surface area contributed by atoms with E-state index in [0.717, 1.165) is 11.3 Å². The molecule has 1 aromatic carbocycles. The van der Waals surface area contributed by atoms with Gasteiger partial charge in [0.2, 0.25) is 10.6 Å². The summed E-state index contributed by atoms with van der Waals surface area (Å²) in [4.78, 5) is 0. The Balaban J connectivity index is 1.98. The first kappa shape index (κ1) is 15.0. The minimum Gasteiger partial charge on any atom is -0.282 e. The number of rotatable bonds is 3. The molecule has 0 bridgehead atoms. The number of H-pyrrole nitrogens is 2. The van der Waals surface area contributed by atoms with E-state index in [0.29, 0.717) is 26.3 Å². The predicted molar refractivity (Wildman–Crippen MR) is 89.2 cm³/mol. The second-order valence-electron chi connectivity index (χ2n) is 4.52. The van der Waals surface area contributed by atoms with Gasteiger partial charge in [-0.15, -0.1) is 0 Å². The number of hydrogen-bond acceptors (Lipinski definition) is 4. The lowest BCUT2D eigenvalue weighted by Crippen LogP contribution is -1.95. The van der Waals surface area contributed by atoms with Crippen LogP contribution in [0.3, 0.4) is 0 Å². The van der Waals surface area contributed by atoms with E-state index < -0.39 is 0 Å². The zero-order valence-electron chi connectivity index (χ0n) is 11.3. The monoisotopic (exact) mass is 352 g/mol. The Hall–Kier alpha value is -1.96. The predicted octanol–water partition coefficient (Wildman–Crippen LogP) is 3.83. The van der Waals surface area contributed by atoms with Gasteiger partial charge in [0, 0.05) is 5.69 Å². The highest BCUT2D eigenvalue weighted by Crippen LogP contribution is 2.22. The summed E-state index contributed by atoms with van der Waals surface area (Å²) in [7, 11) is 0. The van der Waals surface area contributed by atoms with Crippen LogP contribution in [0.2, 0.25) is 10.0 Å². The number of aryl methyl sites for hydroxylation is 1. The average molecular weight is 353 g/mol. The highest BCUT2D eigenvalue weighted by molar-refractivity contribution is 7.71. The molecular formula is C13H10Cl2N6S. The van der Waals surface area contributed by atoms with E-state index in [1.807, 2.05) is 13.0 Å². The van der Waals surface area contributed by atoms with Gasteiger partial charge in [0.15, 0.2) is 0 Å². The number of halogens is 2. The van der Waals surface area contributed by atoms with Gasteiger partial charge in [-0.2, -0.15) is 20.0 Å². The fraction of sp³-hybridized carbons (Fsp3) is 0.0769.